The lowest BCUT2D eigenvalue weighted by atomic mass is 10.1. The third-order valence-corrected chi connectivity index (χ3v) is 2.16. The van der Waals surface area contributed by atoms with E-state index in [9.17, 15) is 18.4 Å². The van der Waals surface area contributed by atoms with Crippen molar-refractivity contribution < 1.29 is 18.4 Å². The second-order valence-corrected chi connectivity index (χ2v) is 3.00. The summed E-state index contributed by atoms with van der Waals surface area (Å²) in [5, 5.41) is 4.36. The van der Waals surface area contributed by atoms with Gasteiger partial charge in [0.05, 0.1) is 11.3 Å². The average Bonchev–Trinajstić information content (AvgIpc) is 2.46. The topological polar surface area (TPSA) is 58.2 Å². The molecule has 0 aliphatic carbocycles. The summed E-state index contributed by atoms with van der Waals surface area (Å²) in [6.45, 7) is 0. The van der Waals surface area contributed by atoms with Crippen LogP contribution in [0.25, 0.3) is 0 Å². The summed E-state index contributed by atoms with van der Waals surface area (Å²) in [7, 11) is 1.34. The number of Topliss-reactive ketones (excluding diaryl/α,β-unsaturated/α-hetero) is 1. The molecule has 1 amide bonds. The maximum Gasteiger partial charge on any atom is 0.296 e. The van der Waals surface area contributed by atoms with Crippen LogP contribution in [-0.2, 0) is 4.79 Å². The normalized spacial score (nSPS) is 13.8. The third-order valence-electron chi connectivity index (χ3n) is 2.16. The minimum Gasteiger partial charge on any atom is -0.383 e. The highest BCUT2D eigenvalue weighted by molar-refractivity contribution is 6.51. The van der Waals surface area contributed by atoms with Crippen LogP contribution >= 0.6 is 0 Å². The Morgan fingerprint density at radius 3 is 2.60 bits per heavy atom. The molecule has 0 spiro atoms. The Balaban J connectivity index is 2.72. The summed E-state index contributed by atoms with van der Waals surface area (Å²) >= 11 is 0. The molecule has 1 aromatic rings. The summed E-state index contributed by atoms with van der Waals surface area (Å²) in [6.07, 6.45) is 0. The number of nitrogens with one attached hydrogen (secondary N) is 2. The van der Waals surface area contributed by atoms with Gasteiger partial charge in [-0.3, -0.25) is 9.59 Å². The Morgan fingerprint density at radius 2 is 2.00 bits per heavy atom. The predicted molar refractivity (Wildman–Crippen MR) is 48.9 cm³/mol. The first-order valence-corrected chi connectivity index (χ1v) is 4.11. The SMILES string of the molecule is CNc1c(F)cc2c(c1F)NC(=O)C2=O. The smallest absolute Gasteiger partial charge is 0.296 e. The Morgan fingerprint density at radius 1 is 1.33 bits per heavy atom. The van der Waals surface area contributed by atoms with Crippen LogP contribution in [0.1, 0.15) is 10.4 Å². The number of anilines is 2. The molecule has 6 heteroatoms. The molecule has 78 valence electrons. The van der Waals surface area contributed by atoms with Crippen molar-refractivity contribution in [2.45, 2.75) is 0 Å². The first-order chi connectivity index (χ1) is 7.06. The van der Waals surface area contributed by atoms with Gasteiger partial charge in [0.15, 0.2) is 5.82 Å². The van der Waals surface area contributed by atoms with Crippen molar-refractivity contribution in [3.8, 4) is 0 Å². The average molecular weight is 212 g/mol. The Labute approximate surface area is 83.3 Å². The molecule has 1 heterocycles. The Bertz CT molecular complexity index is 485. The number of hydrogen-bond donors (Lipinski definition) is 2. The molecule has 0 aromatic heterocycles. The van der Waals surface area contributed by atoms with E-state index >= 15 is 0 Å². The van der Waals surface area contributed by atoms with E-state index in [0.29, 0.717) is 0 Å². The highest BCUT2D eigenvalue weighted by Crippen LogP contribution is 2.33. The molecule has 4 nitrogen and oxygen atoms in total. The summed E-state index contributed by atoms with van der Waals surface area (Å²) in [4.78, 5) is 22.1. The standard InChI is InChI=1S/C9H6F2N2O2/c1-12-7-4(10)2-3-6(5(7)11)13-9(15)8(3)14/h2,12H,1H3,(H,13,14,15). The molecule has 15 heavy (non-hydrogen) atoms. The van der Waals surface area contributed by atoms with Gasteiger partial charge in [0.2, 0.25) is 0 Å². The fraction of sp³-hybridized carbons (Fsp3) is 0.111. The molecule has 0 atom stereocenters. The minimum atomic E-state index is -0.966. The molecule has 0 unspecified atom stereocenters. The zero-order chi connectivity index (χ0) is 11.2. The lowest BCUT2D eigenvalue weighted by molar-refractivity contribution is -0.112. The fourth-order valence-electron chi connectivity index (χ4n) is 1.44. The molecular weight excluding hydrogens is 206 g/mol. The quantitative estimate of drug-likeness (QED) is 0.686. The van der Waals surface area contributed by atoms with E-state index in [-0.39, 0.29) is 16.9 Å². The van der Waals surface area contributed by atoms with Gasteiger partial charge in [-0.25, -0.2) is 8.78 Å². The highest BCUT2D eigenvalue weighted by atomic mass is 19.1. The largest absolute Gasteiger partial charge is 0.383 e. The van der Waals surface area contributed by atoms with Gasteiger partial charge in [0.1, 0.15) is 11.5 Å². The van der Waals surface area contributed by atoms with Gasteiger partial charge in [-0.15, -0.1) is 0 Å². The van der Waals surface area contributed by atoms with Crippen LogP contribution in [0.4, 0.5) is 20.2 Å². The predicted octanol–water partition coefficient (Wildman–Crippen LogP) is 1.14. The number of halogens is 2. The minimum absolute atomic E-state index is 0.268. The maximum absolute atomic E-state index is 13.5. The van der Waals surface area contributed by atoms with Crippen LogP contribution in [-0.4, -0.2) is 18.7 Å². The van der Waals surface area contributed by atoms with E-state index in [1.54, 1.807) is 0 Å². The van der Waals surface area contributed by atoms with Crippen molar-refractivity contribution >= 4 is 23.1 Å². The van der Waals surface area contributed by atoms with Gasteiger partial charge in [0.25, 0.3) is 11.7 Å². The maximum atomic E-state index is 13.5. The van der Waals surface area contributed by atoms with Crippen LogP contribution < -0.4 is 10.6 Å². The van der Waals surface area contributed by atoms with Gasteiger partial charge in [0, 0.05) is 7.05 Å². The lowest BCUT2D eigenvalue weighted by Gasteiger charge is -2.07. The molecule has 1 aromatic carbocycles. The van der Waals surface area contributed by atoms with E-state index in [4.69, 9.17) is 0 Å². The molecule has 0 radical (unpaired) electrons. The van der Waals surface area contributed by atoms with Crippen molar-refractivity contribution in [2.24, 2.45) is 0 Å². The number of benzene rings is 1. The summed E-state index contributed by atoms with van der Waals surface area (Å²) in [5.41, 5.74) is -0.909. The van der Waals surface area contributed by atoms with Crippen LogP contribution in [0, 0.1) is 11.6 Å². The third kappa shape index (κ3) is 1.18. The van der Waals surface area contributed by atoms with Crippen LogP contribution in [0.5, 0.6) is 0 Å². The molecule has 0 fully saturated rings. The monoisotopic (exact) mass is 212 g/mol. The van der Waals surface area contributed by atoms with Crippen molar-refractivity contribution in [2.75, 3.05) is 17.7 Å². The van der Waals surface area contributed by atoms with E-state index in [1.807, 2.05) is 5.32 Å². The van der Waals surface area contributed by atoms with Crippen molar-refractivity contribution in [3.63, 3.8) is 0 Å². The number of fused-ring (bicyclic) bond motifs is 1. The molecule has 0 bridgehead atoms. The zero-order valence-electron chi connectivity index (χ0n) is 7.65. The first kappa shape index (κ1) is 9.57. The van der Waals surface area contributed by atoms with Gasteiger partial charge in [-0.05, 0) is 6.07 Å². The Hall–Kier alpha value is -1.98. The van der Waals surface area contributed by atoms with Gasteiger partial charge >= 0.3 is 0 Å². The zero-order valence-corrected chi connectivity index (χ0v) is 7.65. The van der Waals surface area contributed by atoms with Crippen molar-refractivity contribution in [1.29, 1.82) is 0 Å². The number of ketones is 1. The molecule has 0 saturated heterocycles. The fourth-order valence-corrected chi connectivity index (χ4v) is 1.44. The Kier molecular flexibility index (Phi) is 1.92. The lowest BCUT2D eigenvalue weighted by Crippen LogP contribution is -2.12. The van der Waals surface area contributed by atoms with Crippen LogP contribution in [0.3, 0.4) is 0 Å². The number of rotatable bonds is 1. The molecular formula is C9H6F2N2O2. The second-order valence-electron chi connectivity index (χ2n) is 3.00. The van der Waals surface area contributed by atoms with Crippen molar-refractivity contribution in [1.82, 2.24) is 0 Å². The summed E-state index contributed by atoms with van der Waals surface area (Å²) in [6, 6.07) is 0.838. The van der Waals surface area contributed by atoms with E-state index in [0.717, 1.165) is 6.07 Å². The molecule has 0 saturated carbocycles. The van der Waals surface area contributed by atoms with E-state index in [2.05, 4.69) is 5.32 Å². The molecule has 2 rings (SSSR count). The van der Waals surface area contributed by atoms with Gasteiger partial charge in [-0.2, -0.15) is 0 Å². The summed E-state index contributed by atoms with van der Waals surface area (Å²) in [5.74, 6) is -3.74. The number of carbonyl (C=O) groups excluding carboxylic acids is 2. The van der Waals surface area contributed by atoms with Gasteiger partial charge < -0.3 is 10.6 Å². The number of carbonyl (C=O) groups is 2. The number of amides is 1. The first-order valence-electron chi connectivity index (χ1n) is 4.11. The van der Waals surface area contributed by atoms with E-state index in [1.165, 1.54) is 7.05 Å². The van der Waals surface area contributed by atoms with Crippen LogP contribution in [0.2, 0.25) is 0 Å². The van der Waals surface area contributed by atoms with Gasteiger partial charge in [-0.1, -0.05) is 0 Å². The molecule has 1 aliphatic rings. The second kappa shape index (κ2) is 3.01. The van der Waals surface area contributed by atoms with Crippen molar-refractivity contribution in [3.05, 3.63) is 23.3 Å². The molecule has 1 aliphatic heterocycles. The van der Waals surface area contributed by atoms with Crippen LogP contribution in [0.15, 0.2) is 6.07 Å². The number of hydrogen-bond acceptors (Lipinski definition) is 3. The molecule has 2 N–H and O–H groups in total. The van der Waals surface area contributed by atoms with E-state index < -0.39 is 23.3 Å². The summed E-state index contributed by atoms with van der Waals surface area (Å²) < 4.78 is 26.7. The highest BCUT2D eigenvalue weighted by Gasteiger charge is 2.33.